The molecule has 1 aromatic carbocycles. The van der Waals surface area contributed by atoms with Gasteiger partial charge in [0.05, 0.1) is 6.61 Å². The topological polar surface area (TPSA) is 111 Å². The van der Waals surface area contributed by atoms with Crippen LogP contribution in [0, 0.1) is 0 Å². The van der Waals surface area contributed by atoms with E-state index in [4.69, 9.17) is 9.84 Å². The second-order valence-electron chi connectivity index (χ2n) is 4.66. The van der Waals surface area contributed by atoms with Gasteiger partial charge in [-0.05, 0) is 24.3 Å². The Labute approximate surface area is 116 Å². The predicted molar refractivity (Wildman–Crippen MR) is 72.1 cm³/mol. The Balaban J connectivity index is 1.98. The third-order valence-corrected chi connectivity index (χ3v) is 3.06. The Hall–Kier alpha value is -1.67. The highest BCUT2D eigenvalue weighted by Gasteiger charge is 2.42. The Kier molecular flexibility index (Phi) is 4.56. The average Bonchev–Trinajstić information content (AvgIpc) is 2.68. The fraction of sp³-hybridized carbons (Fsp3) is 0.462. The van der Waals surface area contributed by atoms with Crippen molar-refractivity contribution >= 4 is 17.3 Å². The first-order chi connectivity index (χ1) is 9.51. The zero-order chi connectivity index (χ0) is 14.7. The molecule has 4 atom stereocenters. The van der Waals surface area contributed by atoms with E-state index in [1.54, 1.807) is 24.3 Å². The van der Waals surface area contributed by atoms with Crippen molar-refractivity contribution in [2.24, 2.45) is 0 Å². The van der Waals surface area contributed by atoms with Crippen LogP contribution in [0.2, 0.25) is 0 Å². The molecular weight excluding hydrogens is 264 g/mol. The molecule has 0 aliphatic carbocycles. The zero-order valence-corrected chi connectivity index (χ0v) is 11.0. The number of carbonyl (C=O) groups is 1. The zero-order valence-electron chi connectivity index (χ0n) is 11.0. The lowest BCUT2D eigenvalue weighted by molar-refractivity contribution is -0.114. The van der Waals surface area contributed by atoms with Crippen LogP contribution in [-0.2, 0) is 9.53 Å². The Bertz CT molecular complexity index is 464. The van der Waals surface area contributed by atoms with Gasteiger partial charge in [0.1, 0.15) is 18.3 Å². The van der Waals surface area contributed by atoms with Gasteiger partial charge >= 0.3 is 0 Å². The second-order valence-corrected chi connectivity index (χ2v) is 4.66. The van der Waals surface area contributed by atoms with E-state index < -0.39 is 24.5 Å². The van der Waals surface area contributed by atoms with Crippen LogP contribution in [0.4, 0.5) is 11.4 Å². The van der Waals surface area contributed by atoms with Crippen LogP contribution in [0.3, 0.4) is 0 Å². The number of amides is 1. The van der Waals surface area contributed by atoms with Crippen LogP contribution in [0.15, 0.2) is 24.3 Å². The smallest absolute Gasteiger partial charge is 0.221 e. The van der Waals surface area contributed by atoms with Crippen molar-refractivity contribution < 1.29 is 24.9 Å². The van der Waals surface area contributed by atoms with Crippen LogP contribution in [0.5, 0.6) is 0 Å². The molecule has 0 spiro atoms. The number of anilines is 2. The molecule has 2 rings (SSSR count). The molecule has 0 aromatic heterocycles. The van der Waals surface area contributed by atoms with Crippen molar-refractivity contribution in [3.05, 3.63) is 24.3 Å². The number of aliphatic hydroxyl groups excluding tert-OH is 3. The molecule has 1 aliphatic heterocycles. The first kappa shape index (κ1) is 14.7. The number of nitrogens with one attached hydrogen (secondary N) is 2. The molecule has 1 saturated heterocycles. The van der Waals surface area contributed by atoms with Gasteiger partial charge in [0.15, 0.2) is 6.23 Å². The van der Waals surface area contributed by atoms with Gasteiger partial charge in [-0.1, -0.05) is 0 Å². The largest absolute Gasteiger partial charge is 0.394 e. The summed E-state index contributed by atoms with van der Waals surface area (Å²) in [6.07, 6.45) is -3.85. The van der Waals surface area contributed by atoms with E-state index >= 15 is 0 Å². The normalized spacial score (nSPS) is 29.2. The number of hydrogen-bond donors (Lipinski definition) is 5. The van der Waals surface area contributed by atoms with Gasteiger partial charge in [-0.3, -0.25) is 4.79 Å². The highest BCUT2D eigenvalue weighted by atomic mass is 16.6. The molecule has 0 bridgehead atoms. The molecule has 7 heteroatoms. The molecule has 1 aromatic rings. The maximum Gasteiger partial charge on any atom is 0.221 e. The molecule has 1 amide bonds. The van der Waals surface area contributed by atoms with Crippen LogP contribution >= 0.6 is 0 Å². The third kappa shape index (κ3) is 3.26. The number of carbonyl (C=O) groups excluding carboxylic acids is 1. The summed E-state index contributed by atoms with van der Waals surface area (Å²) >= 11 is 0. The average molecular weight is 282 g/mol. The summed E-state index contributed by atoms with van der Waals surface area (Å²) in [6, 6.07) is 6.82. The van der Waals surface area contributed by atoms with Crippen molar-refractivity contribution in [1.82, 2.24) is 0 Å². The van der Waals surface area contributed by atoms with E-state index in [0.29, 0.717) is 11.4 Å². The van der Waals surface area contributed by atoms with E-state index in [1.807, 2.05) is 0 Å². The van der Waals surface area contributed by atoms with Crippen molar-refractivity contribution in [1.29, 1.82) is 0 Å². The van der Waals surface area contributed by atoms with E-state index in [2.05, 4.69) is 10.6 Å². The molecule has 5 N–H and O–H groups in total. The van der Waals surface area contributed by atoms with Gasteiger partial charge in [-0.25, -0.2) is 0 Å². The number of hydrogen-bond acceptors (Lipinski definition) is 6. The van der Waals surface area contributed by atoms with E-state index in [0.717, 1.165) is 0 Å². The van der Waals surface area contributed by atoms with Gasteiger partial charge in [-0.15, -0.1) is 0 Å². The van der Waals surface area contributed by atoms with Gasteiger partial charge < -0.3 is 30.7 Å². The maximum atomic E-state index is 10.9. The minimum absolute atomic E-state index is 0.158. The Morgan fingerprint density at radius 3 is 2.30 bits per heavy atom. The molecular formula is C13H18N2O5. The van der Waals surface area contributed by atoms with Crippen molar-refractivity contribution in [2.75, 3.05) is 17.2 Å². The maximum absolute atomic E-state index is 10.9. The van der Waals surface area contributed by atoms with Gasteiger partial charge in [-0.2, -0.15) is 0 Å². The van der Waals surface area contributed by atoms with E-state index in [9.17, 15) is 15.0 Å². The monoisotopic (exact) mass is 282 g/mol. The molecule has 7 nitrogen and oxygen atoms in total. The minimum atomic E-state index is -1.13. The SMILES string of the molecule is CC(=O)Nc1ccc(N[C@H]2O[C@@H](CO)[C@@H](O)[C@@H]2O)cc1. The summed E-state index contributed by atoms with van der Waals surface area (Å²) in [4.78, 5) is 10.9. The number of benzene rings is 1. The van der Waals surface area contributed by atoms with Crippen LogP contribution in [0.1, 0.15) is 6.92 Å². The Morgan fingerprint density at radius 2 is 1.80 bits per heavy atom. The predicted octanol–water partition coefficient (Wildman–Crippen LogP) is -0.504. The molecule has 1 heterocycles. The fourth-order valence-corrected chi connectivity index (χ4v) is 2.04. The lowest BCUT2D eigenvalue weighted by Gasteiger charge is -2.17. The summed E-state index contributed by atoms with van der Waals surface area (Å²) in [5.74, 6) is -0.158. The quantitative estimate of drug-likeness (QED) is 0.509. The highest BCUT2D eigenvalue weighted by molar-refractivity contribution is 5.88. The lowest BCUT2D eigenvalue weighted by atomic mass is 10.1. The lowest BCUT2D eigenvalue weighted by Crippen LogP contribution is -2.36. The Morgan fingerprint density at radius 1 is 1.20 bits per heavy atom. The summed E-state index contributed by atoms with van der Waals surface area (Å²) in [6.45, 7) is 1.06. The van der Waals surface area contributed by atoms with E-state index in [-0.39, 0.29) is 12.5 Å². The molecule has 0 radical (unpaired) electrons. The standard InChI is InChI=1S/C13H18N2O5/c1-7(17)14-8-2-4-9(5-3-8)15-13-12(19)11(18)10(6-16)20-13/h2-5,10-13,15-16,18-19H,6H2,1H3,(H,14,17)/t10-,11+,12-,13-/m0/s1. The minimum Gasteiger partial charge on any atom is -0.394 e. The summed E-state index contributed by atoms with van der Waals surface area (Å²) in [5, 5.41) is 34.0. The van der Waals surface area contributed by atoms with Gasteiger partial charge in [0.25, 0.3) is 0 Å². The fourth-order valence-electron chi connectivity index (χ4n) is 2.04. The van der Waals surface area contributed by atoms with Crippen LogP contribution < -0.4 is 10.6 Å². The highest BCUT2D eigenvalue weighted by Crippen LogP contribution is 2.23. The first-order valence-corrected chi connectivity index (χ1v) is 6.28. The van der Waals surface area contributed by atoms with Gasteiger partial charge in [0, 0.05) is 18.3 Å². The van der Waals surface area contributed by atoms with Crippen molar-refractivity contribution in [3.8, 4) is 0 Å². The number of aliphatic hydroxyl groups is 3. The summed E-state index contributed by atoms with van der Waals surface area (Å²) < 4.78 is 5.30. The van der Waals surface area contributed by atoms with Crippen molar-refractivity contribution in [3.63, 3.8) is 0 Å². The first-order valence-electron chi connectivity index (χ1n) is 6.28. The van der Waals surface area contributed by atoms with Crippen LogP contribution in [0.25, 0.3) is 0 Å². The van der Waals surface area contributed by atoms with Gasteiger partial charge in [0.2, 0.25) is 5.91 Å². The second kappa shape index (κ2) is 6.19. The molecule has 0 unspecified atom stereocenters. The molecule has 110 valence electrons. The molecule has 1 fully saturated rings. The number of ether oxygens (including phenoxy) is 1. The van der Waals surface area contributed by atoms with Crippen molar-refractivity contribution in [2.45, 2.75) is 31.5 Å². The summed E-state index contributed by atoms with van der Waals surface area (Å²) in [5.41, 5.74) is 1.32. The molecule has 1 aliphatic rings. The molecule has 20 heavy (non-hydrogen) atoms. The number of rotatable bonds is 4. The third-order valence-electron chi connectivity index (χ3n) is 3.06. The molecule has 0 saturated carbocycles. The van der Waals surface area contributed by atoms with Crippen LogP contribution in [-0.4, -0.2) is 52.4 Å². The van der Waals surface area contributed by atoms with E-state index in [1.165, 1.54) is 6.92 Å². The summed E-state index contributed by atoms with van der Waals surface area (Å²) in [7, 11) is 0.